The van der Waals surface area contributed by atoms with Crippen molar-refractivity contribution in [2.24, 2.45) is 22.7 Å². The molecular weight excluding hydrogens is 815 g/mol. The Hall–Kier alpha value is -3.07. The van der Waals surface area contributed by atoms with Crippen LogP contribution >= 0.6 is 0 Å². The molecule has 1 heterocycles. The van der Waals surface area contributed by atoms with E-state index >= 15 is 0 Å². The number of carbonyl (C=O) groups is 1. The monoisotopic (exact) mass is 877 g/mol. The van der Waals surface area contributed by atoms with Gasteiger partial charge in [0.2, 0.25) is 0 Å². The van der Waals surface area contributed by atoms with Crippen LogP contribution in [0.5, 0.6) is 0 Å². The van der Waals surface area contributed by atoms with Crippen molar-refractivity contribution in [3.8, 4) is 11.3 Å². The summed E-state index contributed by atoms with van der Waals surface area (Å²) >= 11 is 0. The van der Waals surface area contributed by atoms with E-state index in [1.54, 1.807) is 11.1 Å². The van der Waals surface area contributed by atoms with Crippen LogP contribution < -0.4 is 0 Å². The Morgan fingerprint density at radius 2 is 1.50 bits per heavy atom. The van der Waals surface area contributed by atoms with Gasteiger partial charge < -0.3 is 5.11 Å². The van der Waals surface area contributed by atoms with E-state index in [0.717, 1.165) is 48.9 Å². The van der Waals surface area contributed by atoms with E-state index < -0.39 is 0 Å². The molecule has 0 spiro atoms. The zero-order chi connectivity index (χ0) is 37.5. The summed E-state index contributed by atoms with van der Waals surface area (Å²) in [6, 6.07) is 21.7. The van der Waals surface area contributed by atoms with Crippen molar-refractivity contribution in [1.82, 2.24) is 4.98 Å². The fourth-order valence-electron chi connectivity index (χ4n) is 8.50. The maximum atomic E-state index is 11.7. The molecule has 3 nitrogen and oxygen atoms in total. The van der Waals surface area contributed by atoms with E-state index in [-0.39, 0.29) is 59.7 Å². The minimum Gasteiger partial charge on any atom is -0.512 e. The molecule has 52 heavy (non-hydrogen) atoms. The summed E-state index contributed by atoms with van der Waals surface area (Å²) in [7, 11) is 0. The van der Waals surface area contributed by atoms with E-state index in [1.807, 2.05) is 27.7 Å². The maximum Gasteiger partial charge on any atom is 0.162 e. The Bertz CT molecular complexity index is 2000. The second-order valence-electron chi connectivity index (χ2n) is 17.5. The van der Waals surface area contributed by atoms with Crippen molar-refractivity contribution >= 4 is 33.0 Å². The van der Waals surface area contributed by atoms with Gasteiger partial charge in [0.05, 0.1) is 11.3 Å². The third kappa shape index (κ3) is 8.19. The van der Waals surface area contributed by atoms with Crippen LogP contribution in [-0.2, 0) is 36.7 Å². The van der Waals surface area contributed by atoms with Gasteiger partial charge in [0.25, 0.3) is 0 Å². The van der Waals surface area contributed by atoms with Gasteiger partial charge in [0.1, 0.15) is 0 Å². The second-order valence-corrected chi connectivity index (χ2v) is 17.5. The van der Waals surface area contributed by atoms with Crippen LogP contribution in [0.2, 0.25) is 0 Å². The first-order valence-corrected chi connectivity index (χ1v) is 19.5. The average molecular weight is 877 g/mol. The van der Waals surface area contributed by atoms with Gasteiger partial charge >= 0.3 is 0 Å². The minimum absolute atomic E-state index is 0. The van der Waals surface area contributed by atoms with Crippen molar-refractivity contribution in [1.29, 1.82) is 0 Å². The molecule has 0 atom stereocenters. The van der Waals surface area contributed by atoms with E-state index in [1.165, 1.54) is 57.3 Å². The largest absolute Gasteiger partial charge is 0.512 e. The van der Waals surface area contributed by atoms with Crippen molar-refractivity contribution in [2.75, 3.05) is 0 Å². The van der Waals surface area contributed by atoms with Crippen LogP contribution in [0.15, 0.2) is 65.9 Å². The molecule has 2 aliphatic carbocycles. The maximum absolute atomic E-state index is 11.7. The zero-order valence-electron chi connectivity index (χ0n) is 33.9. The molecule has 1 N–H and O–H groups in total. The minimum atomic E-state index is 0. The standard InChI is InChI=1S/C35H38N.C13H24O2.Ir/c1-21-13-14-29-25(17-21)30-26(20-28-31(30)35(7,8)16-15-34(28,5)6)32(36-29)23-18-22-11-9-10-12-24(22)27(19-23)33(2,3)4;1-5-10(6-2)12(14)9-13(15)11(7-3)8-4;/h9-14,17,19H,15-16,20H2,1-8H3;9-11,14H,5-8H2,1-4H3;/q-1;;/b;12-9-;. The molecule has 0 aliphatic heterocycles. The zero-order valence-corrected chi connectivity index (χ0v) is 36.3. The molecule has 2 aliphatic rings. The fourth-order valence-corrected chi connectivity index (χ4v) is 8.50. The SMILES string of the molecule is CCC(CC)C(=O)/C=C(\O)C(CC)CC.Cc1ccc2nc(-c3[c-]c4ccccc4c(C(C)(C)C)c3)c3c(c2c1)C1=C(C3)C(C)(C)CCC1(C)C.[Ir]. The van der Waals surface area contributed by atoms with Gasteiger partial charge in [-0.1, -0.05) is 123 Å². The van der Waals surface area contributed by atoms with Gasteiger partial charge in [-0.25, -0.2) is 0 Å². The number of hydrogen-bond acceptors (Lipinski definition) is 3. The number of allylic oxidation sites excluding steroid dienone is 4. The van der Waals surface area contributed by atoms with Gasteiger partial charge in [0.15, 0.2) is 5.78 Å². The van der Waals surface area contributed by atoms with E-state index in [9.17, 15) is 9.90 Å². The van der Waals surface area contributed by atoms with Crippen LogP contribution in [-0.4, -0.2) is 15.9 Å². The number of pyridine rings is 1. The number of nitrogens with zero attached hydrogens (tertiary/aromatic N) is 1. The van der Waals surface area contributed by atoms with Gasteiger partial charge in [-0.3, -0.25) is 9.78 Å². The molecule has 6 rings (SSSR count). The Balaban J connectivity index is 0.000000323. The molecule has 3 aromatic carbocycles. The van der Waals surface area contributed by atoms with Crippen LogP contribution in [0.25, 0.3) is 38.5 Å². The summed E-state index contributed by atoms with van der Waals surface area (Å²) in [5.74, 6) is 0.547. The van der Waals surface area contributed by atoms with Crippen LogP contribution in [0.1, 0.15) is 137 Å². The number of carbonyl (C=O) groups excluding carboxylic acids is 1. The summed E-state index contributed by atoms with van der Waals surface area (Å²) in [5, 5.41) is 13.6. The first-order chi connectivity index (χ1) is 24.0. The molecule has 1 aromatic heterocycles. The Labute approximate surface area is 328 Å². The first kappa shape index (κ1) is 41.7. The molecule has 0 saturated carbocycles. The third-order valence-corrected chi connectivity index (χ3v) is 11.9. The molecule has 4 aromatic rings. The smallest absolute Gasteiger partial charge is 0.162 e. The summed E-state index contributed by atoms with van der Waals surface area (Å²) < 4.78 is 0. The van der Waals surface area contributed by atoms with Gasteiger partial charge in [0, 0.05) is 49.1 Å². The molecule has 281 valence electrons. The van der Waals surface area contributed by atoms with Gasteiger partial charge in [-0.05, 0) is 96.9 Å². The van der Waals surface area contributed by atoms with Crippen molar-refractivity contribution in [3.05, 3.63) is 94.3 Å². The number of ketones is 1. The number of fused-ring (bicyclic) bond motifs is 5. The van der Waals surface area contributed by atoms with Crippen LogP contribution in [0, 0.1) is 35.7 Å². The second kappa shape index (κ2) is 16.1. The summed E-state index contributed by atoms with van der Waals surface area (Å²) in [4.78, 5) is 17.1. The number of hydrogen-bond donors (Lipinski definition) is 1. The summed E-state index contributed by atoms with van der Waals surface area (Å²) in [6.45, 7) is 27.0. The molecule has 0 saturated heterocycles. The van der Waals surface area contributed by atoms with Crippen molar-refractivity contribution in [2.45, 2.75) is 133 Å². The molecule has 0 fully saturated rings. The molecule has 0 bridgehead atoms. The number of aliphatic hydroxyl groups is 1. The number of aromatic nitrogens is 1. The number of benzene rings is 3. The van der Waals surface area contributed by atoms with E-state index in [4.69, 9.17) is 4.98 Å². The Morgan fingerprint density at radius 3 is 2.12 bits per heavy atom. The Morgan fingerprint density at radius 1 is 0.885 bits per heavy atom. The topological polar surface area (TPSA) is 50.2 Å². The predicted molar refractivity (Wildman–Crippen MR) is 218 cm³/mol. The molecule has 0 unspecified atom stereocenters. The molecular formula is C48H62IrNO2-. The molecule has 4 heteroatoms. The number of rotatable bonds is 8. The molecule has 0 amide bonds. The van der Waals surface area contributed by atoms with Crippen LogP contribution in [0.3, 0.4) is 0 Å². The normalized spacial score (nSPS) is 16.5. The number of aryl methyl sites for hydroxylation is 1. The Kier molecular flexibility index (Phi) is 12.9. The van der Waals surface area contributed by atoms with Crippen molar-refractivity contribution in [3.63, 3.8) is 0 Å². The quantitative estimate of drug-likeness (QED) is 0.109. The van der Waals surface area contributed by atoms with E-state index in [2.05, 4.69) is 110 Å². The van der Waals surface area contributed by atoms with Gasteiger partial charge in [-0.2, -0.15) is 0 Å². The average Bonchev–Trinajstić information content (AvgIpc) is 3.51. The fraction of sp³-hybridized carbons (Fsp3) is 0.500. The summed E-state index contributed by atoms with van der Waals surface area (Å²) in [5.41, 5.74) is 12.5. The van der Waals surface area contributed by atoms with E-state index in [0.29, 0.717) is 0 Å². The van der Waals surface area contributed by atoms with Crippen LogP contribution in [0.4, 0.5) is 0 Å². The predicted octanol–water partition coefficient (Wildman–Crippen LogP) is 13.5. The summed E-state index contributed by atoms with van der Waals surface area (Å²) in [6.07, 6.45) is 8.37. The number of aliphatic hydroxyl groups excluding tert-OH is 1. The molecule has 1 radical (unpaired) electrons. The first-order valence-electron chi connectivity index (χ1n) is 19.5. The van der Waals surface area contributed by atoms with Gasteiger partial charge in [-0.15, -0.1) is 29.1 Å². The van der Waals surface area contributed by atoms with Crippen molar-refractivity contribution < 1.29 is 30.0 Å². The third-order valence-electron chi connectivity index (χ3n) is 11.9.